The number of nitrogens with zero attached hydrogens (tertiary/aromatic N) is 2. The van der Waals surface area contributed by atoms with Crippen LogP contribution in [0, 0.1) is 19.8 Å². The molecule has 9 heteroatoms. The number of nitrogens with one attached hydrogen (secondary N) is 1. The number of hydrogen-bond acceptors (Lipinski definition) is 3. The summed E-state index contributed by atoms with van der Waals surface area (Å²) in [4.78, 5) is 23.7. The molecule has 0 fully saturated rings. The zero-order valence-electron chi connectivity index (χ0n) is 14.9. The number of halogens is 3. The minimum atomic E-state index is -4.42. The van der Waals surface area contributed by atoms with Gasteiger partial charge in [0.15, 0.2) is 0 Å². The number of carbonyl (C=O) groups is 2. The number of aliphatic carboxylic acids is 1. The van der Waals surface area contributed by atoms with Crippen molar-refractivity contribution in [2.24, 2.45) is 5.92 Å². The van der Waals surface area contributed by atoms with Crippen LogP contribution in [0.4, 0.5) is 13.2 Å². The molecule has 2 atom stereocenters. The fraction of sp³-hybridized carbons (Fsp3) is 0.688. The van der Waals surface area contributed by atoms with Crippen molar-refractivity contribution in [3.05, 3.63) is 17.0 Å². The summed E-state index contributed by atoms with van der Waals surface area (Å²) in [5, 5.41) is 15.5. The van der Waals surface area contributed by atoms with Crippen LogP contribution in [0.2, 0.25) is 0 Å². The molecule has 0 saturated heterocycles. The lowest BCUT2D eigenvalue weighted by Gasteiger charge is -2.19. The van der Waals surface area contributed by atoms with Crippen LogP contribution < -0.4 is 5.32 Å². The molecule has 0 aliphatic rings. The second-order valence-corrected chi connectivity index (χ2v) is 6.61. The summed E-state index contributed by atoms with van der Waals surface area (Å²) in [5.74, 6) is -2.44. The Morgan fingerprint density at radius 3 is 2.24 bits per heavy atom. The average Bonchev–Trinajstić information content (AvgIpc) is 2.69. The van der Waals surface area contributed by atoms with Crippen molar-refractivity contribution >= 4 is 11.9 Å². The number of alkyl halides is 3. The van der Waals surface area contributed by atoms with Crippen LogP contribution in [0.25, 0.3) is 0 Å². The second kappa shape index (κ2) is 7.88. The molecule has 1 rings (SSSR count). The molecular formula is C16H24F3N3O3. The molecule has 0 aliphatic carbocycles. The van der Waals surface area contributed by atoms with Gasteiger partial charge in [-0.25, -0.2) is 4.79 Å². The first-order valence-electron chi connectivity index (χ1n) is 7.97. The Kier molecular flexibility index (Phi) is 6.61. The van der Waals surface area contributed by atoms with Crippen molar-refractivity contribution in [3.8, 4) is 0 Å². The Hall–Kier alpha value is -2.06. The fourth-order valence-corrected chi connectivity index (χ4v) is 2.78. The summed E-state index contributed by atoms with van der Waals surface area (Å²) in [6.45, 7) is 6.95. The maximum absolute atomic E-state index is 12.6. The van der Waals surface area contributed by atoms with Gasteiger partial charge in [-0.3, -0.25) is 9.48 Å². The first kappa shape index (κ1) is 21.0. The predicted octanol–water partition coefficient (Wildman–Crippen LogP) is 2.78. The first-order valence-corrected chi connectivity index (χ1v) is 7.97. The first-order chi connectivity index (χ1) is 11.3. The molecule has 6 nitrogen and oxygen atoms in total. The molecule has 1 aromatic rings. The van der Waals surface area contributed by atoms with Crippen molar-refractivity contribution in [2.45, 2.75) is 65.7 Å². The summed E-state index contributed by atoms with van der Waals surface area (Å²) >= 11 is 0. The van der Waals surface area contributed by atoms with Gasteiger partial charge < -0.3 is 10.4 Å². The fourth-order valence-electron chi connectivity index (χ4n) is 2.78. The number of hydrogen-bond donors (Lipinski definition) is 2. The number of carboxylic acids is 1. The predicted molar refractivity (Wildman–Crippen MR) is 85.2 cm³/mol. The van der Waals surface area contributed by atoms with E-state index >= 15 is 0 Å². The van der Waals surface area contributed by atoms with E-state index in [2.05, 4.69) is 10.4 Å². The largest absolute Gasteiger partial charge is 0.480 e. The molecule has 25 heavy (non-hydrogen) atoms. The highest BCUT2D eigenvalue weighted by atomic mass is 19.4. The monoisotopic (exact) mass is 363 g/mol. The zero-order valence-corrected chi connectivity index (χ0v) is 14.9. The Bertz CT molecular complexity index is 639. The molecule has 142 valence electrons. The standard InChI is InChI=1S/C16H24F3N3O3/c1-8(2)6-12(15(24)25)20-14(23)9(3)13-10(4)21-22(11(13)5)7-16(17,18)19/h8-9,12H,6-7H2,1-5H3,(H,20,23)(H,24,25)/t9?,12-/m1/s1. The van der Waals surface area contributed by atoms with Gasteiger partial charge in [0.1, 0.15) is 12.6 Å². The van der Waals surface area contributed by atoms with Gasteiger partial charge in [-0.1, -0.05) is 13.8 Å². The van der Waals surface area contributed by atoms with Crippen molar-refractivity contribution < 1.29 is 27.9 Å². The third-order valence-electron chi connectivity index (χ3n) is 3.91. The van der Waals surface area contributed by atoms with E-state index in [1.165, 1.54) is 20.8 Å². The quantitative estimate of drug-likeness (QED) is 0.780. The molecule has 1 unspecified atom stereocenters. The van der Waals surface area contributed by atoms with Gasteiger partial charge in [-0.15, -0.1) is 0 Å². The third kappa shape index (κ3) is 5.75. The molecule has 0 radical (unpaired) electrons. The van der Waals surface area contributed by atoms with Crippen LogP contribution >= 0.6 is 0 Å². The molecule has 0 saturated carbocycles. The van der Waals surface area contributed by atoms with Crippen LogP contribution in [0.1, 0.15) is 50.1 Å². The number of carbonyl (C=O) groups excluding carboxylic acids is 1. The van der Waals surface area contributed by atoms with E-state index < -0.39 is 36.6 Å². The second-order valence-electron chi connectivity index (χ2n) is 6.61. The van der Waals surface area contributed by atoms with E-state index in [0.29, 0.717) is 11.3 Å². The molecule has 2 N–H and O–H groups in total. The highest BCUT2D eigenvalue weighted by Gasteiger charge is 2.32. The van der Waals surface area contributed by atoms with Gasteiger partial charge in [-0.05, 0) is 33.1 Å². The number of aryl methyl sites for hydroxylation is 1. The Labute approximate surface area is 144 Å². The van der Waals surface area contributed by atoms with E-state index in [0.717, 1.165) is 4.68 Å². The summed E-state index contributed by atoms with van der Waals surface area (Å²) in [6.07, 6.45) is -4.16. The lowest BCUT2D eigenvalue weighted by atomic mass is 9.97. The zero-order chi connectivity index (χ0) is 19.5. The molecular weight excluding hydrogens is 339 g/mol. The minimum Gasteiger partial charge on any atom is -0.480 e. The molecule has 1 amide bonds. The summed E-state index contributed by atoms with van der Waals surface area (Å²) in [7, 11) is 0. The highest BCUT2D eigenvalue weighted by Crippen LogP contribution is 2.26. The molecule has 1 heterocycles. The topological polar surface area (TPSA) is 84.2 Å². The molecule has 0 bridgehead atoms. The maximum Gasteiger partial charge on any atom is 0.408 e. The van der Waals surface area contributed by atoms with E-state index in [1.807, 2.05) is 13.8 Å². The number of amides is 1. The molecule has 0 aromatic carbocycles. The maximum atomic E-state index is 12.6. The van der Waals surface area contributed by atoms with Crippen LogP contribution in [0.15, 0.2) is 0 Å². The van der Waals surface area contributed by atoms with E-state index in [9.17, 15) is 27.9 Å². The lowest BCUT2D eigenvalue weighted by Crippen LogP contribution is -2.43. The van der Waals surface area contributed by atoms with Crippen molar-refractivity contribution in [1.29, 1.82) is 0 Å². The van der Waals surface area contributed by atoms with E-state index in [4.69, 9.17) is 0 Å². The van der Waals surface area contributed by atoms with Gasteiger partial charge in [0, 0.05) is 11.3 Å². The summed E-state index contributed by atoms with van der Waals surface area (Å²) in [6, 6.07) is -1.04. The number of aromatic nitrogens is 2. The molecule has 0 spiro atoms. The van der Waals surface area contributed by atoms with E-state index in [-0.39, 0.29) is 18.0 Å². The smallest absolute Gasteiger partial charge is 0.408 e. The van der Waals surface area contributed by atoms with Crippen LogP contribution in [-0.4, -0.2) is 39.0 Å². The van der Waals surface area contributed by atoms with Gasteiger partial charge in [0.2, 0.25) is 5.91 Å². The molecule has 0 aliphatic heterocycles. The third-order valence-corrected chi connectivity index (χ3v) is 3.91. The number of rotatable bonds is 7. The van der Waals surface area contributed by atoms with Crippen molar-refractivity contribution in [3.63, 3.8) is 0 Å². The van der Waals surface area contributed by atoms with Crippen LogP contribution in [0.5, 0.6) is 0 Å². The Balaban J connectivity index is 3.00. The van der Waals surface area contributed by atoms with Gasteiger partial charge in [-0.2, -0.15) is 18.3 Å². The normalized spacial score (nSPS) is 14.4. The Morgan fingerprint density at radius 1 is 1.24 bits per heavy atom. The molecule has 1 aromatic heterocycles. The van der Waals surface area contributed by atoms with Crippen molar-refractivity contribution in [2.75, 3.05) is 0 Å². The summed E-state index contributed by atoms with van der Waals surface area (Å²) in [5.41, 5.74) is 0.948. The Morgan fingerprint density at radius 2 is 1.80 bits per heavy atom. The van der Waals surface area contributed by atoms with Crippen LogP contribution in [-0.2, 0) is 16.1 Å². The van der Waals surface area contributed by atoms with Gasteiger partial charge in [0.05, 0.1) is 11.6 Å². The lowest BCUT2D eigenvalue weighted by molar-refractivity contribution is -0.143. The van der Waals surface area contributed by atoms with Crippen molar-refractivity contribution in [1.82, 2.24) is 15.1 Å². The van der Waals surface area contributed by atoms with Crippen LogP contribution in [0.3, 0.4) is 0 Å². The van der Waals surface area contributed by atoms with Gasteiger partial charge in [0.25, 0.3) is 0 Å². The van der Waals surface area contributed by atoms with E-state index in [1.54, 1.807) is 0 Å². The SMILES string of the molecule is Cc1nn(CC(F)(F)F)c(C)c1C(C)C(=O)N[C@H](CC(C)C)C(=O)O. The highest BCUT2D eigenvalue weighted by molar-refractivity contribution is 5.88. The average molecular weight is 363 g/mol. The summed E-state index contributed by atoms with van der Waals surface area (Å²) < 4.78 is 38.6. The van der Waals surface area contributed by atoms with Gasteiger partial charge >= 0.3 is 12.1 Å². The minimum absolute atomic E-state index is 0.0646. The number of carboxylic acid groups (broad SMARTS) is 1.